The minimum Gasteiger partial charge on any atom is -0.378 e. The summed E-state index contributed by atoms with van der Waals surface area (Å²) in [6.45, 7) is 4.51. The van der Waals surface area contributed by atoms with Gasteiger partial charge in [-0.2, -0.15) is 0 Å². The van der Waals surface area contributed by atoms with E-state index < -0.39 is 0 Å². The fraction of sp³-hybridized carbons (Fsp3) is 0.278. The van der Waals surface area contributed by atoms with Gasteiger partial charge in [0.1, 0.15) is 0 Å². The number of ketones is 1. The van der Waals surface area contributed by atoms with E-state index in [4.69, 9.17) is 4.74 Å². The van der Waals surface area contributed by atoms with E-state index in [0.717, 1.165) is 11.1 Å². The van der Waals surface area contributed by atoms with Crippen LogP contribution in [-0.4, -0.2) is 18.5 Å². The minimum atomic E-state index is -0.265. The highest BCUT2D eigenvalue weighted by atomic mass is 16.5. The van der Waals surface area contributed by atoms with Crippen molar-refractivity contribution in [1.82, 2.24) is 0 Å². The predicted molar refractivity (Wildman–Crippen MR) is 81.0 cm³/mol. The molecule has 2 atom stereocenters. The van der Waals surface area contributed by atoms with Crippen molar-refractivity contribution in [2.75, 3.05) is 6.61 Å². The molecule has 0 saturated heterocycles. The molecule has 0 aromatic heterocycles. The number of benzene rings is 2. The first kappa shape index (κ1) is 14.5. The van der Waals surface area contributed by atoms with Gasteiger partial charge in [-0.25, -0.2) is 0 Å². The second kappa shape index (κ2) is 7.01. The third-order valence-electron chi connectivity index (χ3n) is 3.40. The van der Waals surface area contributed by atoms with E-state index in [-0.39, 0.29) is 17.8 Å². The Morgan fingerprint density at radius 3 is 2.10 bits per heavy atom. The van der Waals surface area contributed by atoms with Gasteiger partial charge in [0.05, 0.1) is 12.0 Å². The molecule has 2 aromatic rings. The van der Waals surface area contributed by atoms with Gasteiger partial charge in [-0.1, -0.05) is 60.7 Å². The van der Waals surface area contributed by atoms with Gasteiger partial charge in [-0.15, -0.1) is 0 Å². The van der Waals surface area contributed by atoms with Gasteiger partial charge < -0.3 is 4.74 Å². The van der Waals surface area contributed by atoms with E-state index in [9.17, 15) is 4.79 Å². The summed E-state index contributed by atoms with van der Waals surface area (Å²) in [4.78, 5) is 12.8. The molecule has 0 aliphatic rings. The van der Waals surface area contributed by atoms with Gasteiger partial charge in [0.2, 0.25) is 0 Å². The Labute approximate surface area is 120 Å². The highest BCUT2D eigenvalue weighted by Gasteiger charge is 2.28. The van der Waals surface area contributed by atoms with Gasteiger partial charge >= 0.3 is 0 Å². The van der Waals surface area contributed by atoms with Crippen LogP contribution < -0.4 is 0 Å². The van der Waals surface area contributed by atoms with Gasteiger partial charge in [-0.3, -0.25) is 4.79 Å². The summed E-state index contributed by atoms with van der Waals surface area (Å²) >= 11 is 0. The largest absolute Gasteiger partial charge is 0.378 e. The molecule has 0 N–H and O–H groups in total. The monoisotopic (exact) mass is 268 g/mol. The maximum absolute atomic E-state index is 12.8. The molecular weight excluding hydrogens is 248 g/mol. The molecule has 0 fully saturated rings. The Morgan fingerprint density at radius 1 is 1.00 bits per heavy atom. The maximum Gasteiger partial charge on any atom is 0.172 e. The average Bonchev–Trinajstić information content (AvgIpc) is 2.50. The van der Waals surface area contributed by atoms with E-state index in [2.05, 4.69) is 0 Å². The van der Waals surface area contributed by atoms with Gasteiger partial charge in [-0.05, 0) is 19.4 Å². The standard InChI is InChI=1S/C18H20O2/c1-3-20-14(2)17(15-10-6-4-7-11-15)18(19)16-12-8-5-9-13-16/h4-14,17H,3H2,1-2H3. The minimum absolute atomic E-state index is 0.109. The van der Waals surface area contributed by atoms with Crippen LogP contribution in [0.5, 0.6) is 0 Å². The Hall–Kier alpha value is -1.93. The summed E-state index contributed by atoms with van der Waals surface area (Å²) in [6.07, 6.45) is -0.143. The molecule has 2 nitrogen and oxygen atoms in total. The molecule has 104 valence electrons. The first-order valence-electron chi connectivity index (χ1n) is 7.00. The lowest BCUT2D eigenvalue weighted by Crippen LogP contribution is -2.26. The lowest BCUT2D eigenvalue weighted by molar-refractivity contribution is 0.0492. The number of carbonyl (C=O) groups is 1. The fourth-order valence-corrected chi connectivity index (χ4v) is 2.44. The second-order valence-corrected chi connectivity index (χ2v) is 4.78. The van der Waals surface area contributed by atoms with Crippen molar-refractivity contribution in [3.63, 3.8) is 0 Å². The molecule has 2 heteroatoms. The highest BCUT2D eigenvalue weighted by molar-refractivity contribution is 6.01. The zero-order chi connectivity index (χ0) is 14.4. The molecule has 2 rings (SSSR count). The zero-order valence-corrected chi connectivity index (χ0v) is 12.0. The molecule has 0 amide bonds. The van der Waals surface area contributed by atoms with Crippen LogP contribution in [0, 0.1) is 0 Å². The third kappa shape index (κ3) is 3.34. The number of rotatable bonds is 6. The molecule has 0 saturated carbocycles. The van der Waals surface area contributed by atoms with Crippen molar-refractivity contribution in [3.8, 4) is 0 Å². The van der Waals surface area contributed by atoms with Crippen LogP contribution in [0.4, 0.5) is 0 Å². The van der Waals surface area contributed by atoms with E-state index in [1.54, 1.807) is 0 Å². The second-order valence-electron chi connectivity index (χ2n) is 4.78. The molecule has 0 aliphatic heterocycles. The molecule has 0 radical (unpaired) electrons. The summed E-state index contributed by atoms with van der Waals surface area (Å²) in [5.41, 5.74) is 1.73. The van der Waals surface area contributed by atoms with Crippen LogP contribution in [0.15, 0.2) is 60.7 Å². The van der Waals surface area contributed by atoms with Crippen LogP contribution in [0.3, 0.4) is 0 Å². The number of hydrogen-bond donors (Lipinski definition) is 0. The van der Waals surface area contributed by atoms with E-state index >= 15 is 0 Å². The van der Waals surface area contributed by atoms with Crippen LogP contribution >= 0.6 is 0 Å². The Kier molecular flexibility index (Phi) is 5.08. The van der Waals surface area contributed by atoms with Crippen molar-refractivity contribution in [2.24, 2.45) is 0 Å². The molecule has 2 aromatic carbocycles. The topological polar surface area (TPSA) is 26.3 Å². The predicted octanol–water partition coefficient (Wildman–Crippen LogP) is 4.08. The van der Waals surface area contributed by atoms with Crippen molar-refractivity contribution >= 4 is 5.78 Å². The van der Waals surface area contributed by atoms with Crippen LogP contribution in [0.2, 0.25) is 0 Å². The van der Waals surface area contributed by atoms with Gasteiger partial charge in [0, 0.05) is 12.2 Å². The van der Waals surface area contributed by atoms with Crippen LogP contribution in [0.1, 0.15) is 35.7 Å². The molecule has 0 bridgehead atoms. The van der Waals surface area contributed by atoms with Crippen molar-refractivity contribution in [2.45, 2.75) is 25.9 Å². The summed E-state index contributed by atoms with van der Waals surface area (Å²) in [7, 11) is 0. The molecule has 0 spiro atoms. The van der Waals surface area contributed by atoms with Crippen molar-refractivity contribution in [1.29, 1.82) is 0 Å². The summed E-state index contributed by atoms with van der Waals surface area (Å²) in [5.74, 6) is -0.156. The summed E-state index contributed by atoms with van der Waals surface area (Å²) < 4.78 is 5.68. The third-order valence-corrected chi connectivity index (χ3v) is 3.40. The Balaban J connectivity index is 2.34. The Morgan fingerprint density at radius 2 is 1.55 bits per heavy atom. The molecule has 0 aliphatic carbocycles. The lowest BCUT2D eigenvalue weighted by Gasteiger charge is -2.23. The summed E-state index contributed by atoms with van der Waals surface area (Å²) in [6, 6.07) is 19.3. The maximum atomic E-state index is 12.8. The van der Waals surface area contributed by atoms with Crippen molar-refractivity contribution in [3.05, 3.63) is 71.8 Å². The fourth-order valence-electron chi connectivity index (χ4n) is 2.44. The molecule has 2 unspecified atom stereocenters. The van der Waals surface area contributed by atoms with Gasteiger partial charge in [0.25, 0.3) is 0 Å². The molecule has 20 heavy (non-hydrogen) atoms. The smallest absolute Gasteiger partial charge is 0.172 e. The first-order chi connectivity index (χ1) is 9.74. The van der Waals surface area contributed by atoms with E-state index in [0.29, 0.717) is 6.61 Å². The number of hydrogen-bond acceptors (Lipinski definition) is 2. The highest BCUT2D eigenvalue weighted by Crippen LogP contribution is 2.26. The lowest BCUT2D eigenvalue weighted by atomic mass is 9.87. The molecular formula is C18H20O2. The zero-order valence-electron chi connectivity index (χ0n) is 12.0. The average molecular weight is 268 g/mol. The van der Waals surface area contributed by atoms with E-state index in [1.165, 1.54) is 0 Å². The number of Topliss-reactive ketones (excluding diaryl/α,β-unsaturated/α-hetero) is 1. The SMILES string of the molecule is CCOC(C)C(C(=O)c1ccccc1)c1ccccc1. The quantitative estimate of drug-likeness (QED) is 0.738. The van der Waals surface area contributed by atoms with Crippen LogP contribution in [-0.2, 0) is 4.74 Å². The van der Waals surface area contributed by atoms with Crippen molar-refractivity contribution < 1.29 is 9.53 Å². The first-order valence-corrected chi connectivity index (χ1v) is 7.00. The number of ether oxygens (including phenoxy) is 1. The normalized spacial score (nSPS) is 13.7. The summed E-state index contributed by atoms with van der Waals surface area (Å²) in [5, 5.41) is 0. The van der Waals surface area contributed by atoms with Gasteiger partial charge in [0.15, 0.2) is 5.78 Å². The Bertz CT molecular complexity index is 534. The number of carbonyl (C=O) groups excluding carboxylic acids is 1. The van der Waals surface area contributed by atoms with E-state index in [1.807, 2.05) is 74.5 Å². The molecule has 0 heterocycles. The van der Waals surface area contributed by atoms with Crippen LogP contribution in [0.25, 0.3) is 0 Å².